The highest BCUT2D eigenvalue weighted by molar-refractivity contribution is 8.69. The molecule has 2 N–H and O–H groups in total. The van der Waals surface area contributed by atoms with Gasteiger partial charge in [-0.25, -0.2) is 0 Å². The Morgan fingerprint density at radius 3 is 2.75 bits per heavy atom. The second-order valence-corrected chi connectivity index (χ2v) is 10.5. The molecule has 0 spiro atoms. The van der Waals surface area contributed by atoms with Crippen LogP contribution in [0, 0.1) is 35.5 Å². The minimum atomic E-state index is -0.533. The molecule has 0 radical (unpaired) electrons. The first-order valence-corrected chi connectivity index (χ1v) is 11.7. The molecule has 0 aromatic carbocycles. The molecule has 7 atom stereocenters. The molecule has 1 amide bonds. The zero-order valence-corrected chi connectivity index (χ0v) is 16.5. The number of carbonyl (C=O) groups is 1. The zero-order valence-electron chi connectivity index (χ0n) is 14.7. The molecule has 134 valence electrons. The van der Waals surface area contributed by atoms with E-state index in [1.807, 2.05) is 6.92 Å². The molecule has 0 aromatic heterocycles. The summed E-state index contributed by atoms with van der Waals surface area (Å²) >= 11 is 4.38. The number of hydrogen-bond donors (Lipinski definition) is 2. The van der Waals surface area contributed by atoms with Crippen LogP contribution in [-0.2, 0) is 4.79 Å². The number of carbonyl (C=O) groups excluding carboxylic acids is 1. The molecule has 4 heteroatoms. The lowest BCUT2D eigenvalue weighted by Gasteiger charge is -2.50. The summed E-state index contributed by atoms with van der Waals surface area (Å²) in [5, 5.41) is 0. The molecule has 24 heavy (non-hydrogen) atoms. The van der Waals surface area contributed by atoms with Crippen molar-refractivity contribution < 1.29 is 4.79 Å². The van der Waals surface area contributed by atoms with Crippen LogP contribution in [0.3, 0.4) is 0 Å². The van der Waals surface area contributed by atoms with E-state index in [9.17, 15) is 4.79 Å². The maximum Gasteiger partial charge on any atom is 0.234 e. The molecule has 0 saturated heterocycles. The maximum absolute atomic E-state index is 12.0. The Labute approximate surface area is 155 Å². The van der Waals surface area contributed by atoms with Crippen LogP contribution in [0.5, 0.6) is 0 Å². The van der Waals surface area contributed by atoms with Gasteiger partial charge in [-0.15, -0.1) is 11.7 Å². The number of hydrogen-bond acceptors (Lipinski definition) is 3. The predicted octanol–water partition coefficient (Wildman–Crippen LogP) is 5.00. The number of amides is 1. The fourth-order valence-electron chi connectivity index (χ4n) is 6.68. The zero-order chi connectivity index (χ0) is 16.9. The number of fused-ring (bicyclic) bond motifs is 5. The van der Waals surface area contributed by atoms with E-state index in [2.05, 4.69) is 17.7 Å². The smallest absolute Gasteiger partial charge is 0.234 e. The van der Waals surface area contributed by atoms with Crippen molar-refractivity contribution in [3.63, 3.8) is 0 Å². The Morgan fingerprint density at radius 1 is 1.17 bits per heavy atom. The van der Waals surface area contributed by atoms with Crippen molar-refractivity contribution >= 4 is 28.4 Å². The van der Waals surface area contributed by atoms with Gasteiger partial charge in [0, 0.05) is 0 Å². The standard InChI is InChI=1S/C20H31NOS2/c1-20(24-23,19(21)22)14-7-10-16-13(11-14)6-9-17-15-4-2-3-12(15)5-8-18(16)17/h6,12,14-18,23H,2-5,7-11H2,1H3,(H2,21,22). The normalized spacial score (nSPS) is 43.8. The third kappa shape index (κ3) is 2.67. The summed E-state index contributed by atoms with van der Waals surface area (Å²) in [4.78, 5) is 12.0. The highest BCUT2D eigenvalue weighted by Gasteiger charge is 2.49. The minimum Gasteiger partial charge on any atom is -0.368 e. The van der Waals surface area contributed by atoms with E-state index >= 15 is 0 Å². The van der Waals surface area contributed by atoms with Crippen LogP contribution >= 0.6 is 22.5 Å². The minimum absolute atomic E-state index is 0.202. The predicted molar refractivity (Wildman–Crippen MR) is 105 cm³/mol. The van der Waals surface area contributed by atoms with Crippen LogP contribution in [0.2, 0.25) is 0 Å². The van der Waals surface area contributed by atoms with Crippen molar-refractivity contribution in [2.45, 2.75) is 69.5 Å². The van der Waals surface area contributed by atoms with Gasteiger partial charge in [0.2, 0.25) is 5.91 Å². The number of allylic oxidation sites excluding steroid dienone is 2. The number of nitrogens with two attached hydrogens (primary N) is 1. The van der Waals surface area contributed by atoms with Gasteiger partial charge in [0.15, 0.2) is 0 Å². The summed E-state index contributed by atoms with van der Waals surface area (Å²) in [6.45, 7) is 1.99. The molecule has 4 rings (SSSR count). The van der Waals surface area contributed by atoms with Crippen molar-refractivity contribution in [2.24, 2.45) is 41.2 Å². The van der Waals surface area contributed by atoms with Crippen molar-refractivity contribution in [1.82, 2.24) is 0 Å². The van der Waals surface area contributed by atoms with Gasteiger partial charge in [0.25, 0.3) is 0 Å². The van der Waals surface area contributed by atoms with Crippen LogP contribution in [0.25, 0.3) is 0 Å². The molecule has 3 saturated carbocycles. The topological polar surface area (TPSA) is 43.1 Å². The van der Waals surface area contributed by atoms with Crippen molar-refractivity contribution in [1.29, 1.82) is 0 Å². The van der Waals surface area contributed by atoms with E-state index in [0.717, 1.165) is 42.4 Å². The summed E-state index contributed by atoms with van der Waals surface area (Å²) in [6.07, 6.45) is 14.7. The second-order valence-electron chi connectivity index (χ2n) is 8.92. The highest BCUT2D eigenvalue weighted by atomic mass is 33.1. The first-order chi connectivity index (χ1) is 11.5. The first-order valence-electron chi connectivity index (χ1n) is 9.86. The maximum atomic E-state index is 12.0. The van der Waals surface area contributed by atoms with E-state index in [1.165, 1.54) is 55.7 Å². The summed E-state index contributed by atoms with van der Waals surface area (Å²) in [6, 6.07) is 0. The Bertz CT molecular complexity index is 548. The lowest BCUT2D eigenvalue weighted by molar-refractivity contribution is -0.121. The van der Waals surface area contributed by atoms with Gasteiger partial charge in [0.1, 0.15) is 4.75 Å². The van der Waals surface area contributed by atoms with Crippen LogP contribution in [0.4, 0.5) is 0 Å². The third-order valence-corrected chi connectivity index (χ3v) is 10.2. The van der Waals surface area contributed by atoms with Gasteiger partial charge < -0.3 is 5.73 Å². The van der Waals surface area contributed by atoms with Gasteiger partial charge in [-0.05, 0) is 87.4 Å². The molecule has 4 aliphatic rings. The van der Waals surface area contributed by atoms with Gasteiger partial charge in [-0.1, -0.05) is 35.3 Å². The Morgan fingerprint density at radius 2 is 2.00 bits per heavy atom. The quantitative estimate of drug-likeness (QED) is 0.420. The van der Waals surface area contributed by atoms with Crippen LogP contribution < -0.4 is 5.73 Å². The van der Waals surface area contributed by atoms with Crippen molar-refractivity contribution in [3.05, 3.63) is 11.6 Å². The van der Waals surface area contributed by atoms with E-state index in [4.69, 9.17) is 5.73 Å². The summed E-state index contributed by atoms with van der Waals surface area (Å²) in [5.74, 6) is 4.88. The average molecular weight is 366 g/mol. The molecular formula is C20H31NOS2. The van der Waals surface area contributed by atoms with Gasteiger partial charge >= 0.3 is 0 Å². The van der Waals surface area contributed by atoms with Crippen LogP contribution in [0.15, 0.2) is 11.6 Å². The van der Waals surface area contributed by atoms with E-state index in [-0.39, 0.29) is 5.91 Å². The van der Waals surface area contributed by atoms with Gasteiger partial charge in [-0.2, -0.15) is 0 Å². The molecule has 0 aliphatic heterocycles. The lowest BCUT2D eigenvalue weighted by atomic mass is 9.55. The highest BCUT2D eigenvalue weighted by Crippen LogP contribution is 2.58. The van der Waals surface area contributed by atoms with E-state index in [1.54, 1.807) is 5.57 Å². The second kappa shape index (κ2) is 6.57. The summed E-state index contributed by atoms with van der Waals surface area (Å²) in [7, 11) is 1.35. The summed E-state index contributed by atoms with van der Waals surface area (Å²) in [5.41, 5.74) is 7.37. The fourth-order valence-corrected chi connectivity index (χ4v) is 7.84. The fraction of sp³-hybridized carbons (Fsp3) is 0.850. The lowest BCUT2D eigenvalue weighted by Crippen LogP contribution is -2.47. The molecule has 7 unspecified atom stereocenters. The van der Waals surface area contributed by atoms with Crippen molar-refractivity contribution in [3.8, 4) is 0 Å². The number of rotatable bonds is 3. The monoisotopic (exact) mass is 365 g/mol. The average Bonchev–Trinajstić information content (AvgIpc) is 3.08. The Balaban J connectivity index is 1.53. The summed E-state index contributed by atoms with van der Waals surface area (Å²) < 4.78 is -0.533. The Kier molecular flexibility index (Phi) is 4.75. The van der Waals surface area contributed by atoms with Crippen LogP contribution in [0.1, 0.15) is 64.7 Å². The molecule has 0 heterocycles. The van der Waals surface area contributed by atoms with E-state index < -0.39 is 4.75 Å². The Hall–Kier alpha value is -0.0900. The van der Waals surface area contributed by atoms with E-state index in [0.29, 0.717) is 5.92 Å². The molecule has 0 aromatic rings. The molecule has 2 nitrogen and oxygen atoms in total. The molecule has 3 fully saturated rings. The van der Waals surface area contributed by atoms with Gasteiger partial charge in [0.05, 0.1) is 0 Å². The third-order valence-electron chi connectivity index (χ3n) is 8.10. The van der Waals surface area contributed by atoms with Crippen LogP contribution in [-0.4, -0.2) is 10.7 Å². The van der Waals surface area contributed by atoms with Crippen molar-refractivity contribution in [2.75, 3.05) is 0 Å². The molecule has 4 aliphatic carbocycles. The molecule has 0 bridgehead atoms. The number of primary amides is 1. The number of thiol groups is 1. The SMILES string of the molecule is CC(SS)(C(N)=O)C1CCC2C(=CCC3C4CCCC4CCC23)C1. The van der Waals surface area contributed by atoms with Gasteiger partial charge in [-0.3, -0.25) is 4.79 Å². The first kappa shape index (κ1) is 17.3. The largest absolute Gasteiger partial charge is 0.368 e. The molecular weight excluding hydrogens is 334 g/mol.